The van der Waals surface area contributed by atoms with E-state index in [1.54, 1.807) is 19.2 Å². The fourth-order valence-corrected chi connectivity index (χ4v) is 2.77. The molecule has 3 rings (SSSR count). The summed E-state index contributed by atoms with van der Waals surface area (Å²) in [5, 5.41) is 13.1. The van der Waals surface area contributed by atoms with Crippen LogP contribution >= 0.6 is 0 Å². The van der Waals surface area contributed by atoms with E-state index < -0.39 is 5.91 Å². The zero-order chi connectivity index (χ0) is 18.7. The molecule has 130 valence electrons. The number of anilines is 1. The average molecular weight is 346 g/mol. The smallest absolute Gasteiger partial charge is 0.266 e. The molecule has 0 atom stereocenters. The number of fused-ring (bicyclic) bond motifs is 1. The van der Waals surface area contributed by atoms with Crippen molar-refractivity contribution in [2.75, 3.05) is 12.4 Å². The molecule has 3 aromatic rings. The standard InChI is InChI=1S/C21H18N2O3/c1-13-6-4-7-14(2)19(13)23-21(24)16(12-22)11-17-10-15-8-5-9-18(25-3)20(15)26-17/h4-11H,1-3H3,(H,23,24)/b16-11+. The molecule has 0 spiro atoms. The second-order valence-electron chi connectivity index (χ2n) is 5.92. The lowest BCUT2D eigenvalue weighted by Gasteiger charge is -2.10. The molecule has 1 aromatic heterocycles. The van der Waals surface area contributed by atoms with Crippen LogP contribution in [0.15, 0.2) is 52.5 Å². The van der Waals surface area contributed by atoms with Gasteiger partial charge in [-0.15, -0.1) is 0 Å². The van der Waals surface area contributed by atoms with E-state index in [9.17, 15) is 10.1 Å². The van der Waals surface area contributed by atoms with Crippen molar-refractivity contribution in [2.24, 2.45) is 0 Å². The molecule has 2 aromatic carbocycles. The van der Waals surface area contributed by atoms with Crippen molar-refractivity contribution in [2.45, 2.75) is 13.8 Å². The van der Waals surface area contributed by atoms with Crippen molar-refractivity contribution < 1.29 is 13.9 Å². The van der Waals surface area contributed by atoms with E-state index in [-0.39, 0.29) is 5.57 Å². The molecule has 0 unspecified atom stereocenters. The Morgan fingerprint density at radius 1 is 1.19 bits per heavy atom. The number of ether oxygens (including phenoxy) is 1. The first-order valence-electron chi connectivity index (χ1n) is 8.09. The third-order valence-electron chi connectivity index (χ3n) is 4.12. The molecule has 0 saturated heterocycles. The number of amides is 1. The molecule has 0 aliphatic heterocycles. The SMILES string of the molecule is COc1cccc2cc(/C=C(\C#N)C(=O)Nc3c(C)cccc3C)oc12. The number of rotatable bonds is 4. The molecular weight excluding hydrogens is 328 g/mol. The summed E-state index contributed by atoms with van der Waals surface area (Å²) in [5.41, 5.74) is 3.12. The predicted molar refractivity (Wildman–Crippen MR) is 101 cm³/mol. The van der Waals surface area contributed by atoms with Crippen LogP contribution in [-0.4, -0.2) is 13.0 Å². The highest BCUT2D eigenvalue weighted by atomic mass is 16.5. The van der Waals surface area contributed by atoms with Gasteiger partial charge in [-0.3, -0.25) is 4.79 Å². The minimum Gasteiger partial charge on any atom is -0.493 e. The Hall–Kier alpha value is -3.52. The number of hydrogen-bond acceptors (Lipinski definition) is 4. The van der Waals surface area contributed by atoms with Gasteiger partial charge in [0.05, 0.1) is 7.11 Å². The Kier molecular flexibility index (Phi) is 4.76. The van der Waals surface area contributed by atoms with Gasteiger partial charge in [-0.2, -0.15) is 5.26 Å². The predicted octanol–water partition coefficient (Wildman–Crippen LogP) is 4.60. The van der Waals surface area contributed by atoms with Gasteiger partial charge in [0.2, 0.25) is 0 Å². The summed E-state index contributed by atoms with van der Waals surface area (Å²) in [6, 6.07) is 15.0. The van der Waals surface area contributed by atoms with Crippen LogP contribution in [0, 0.1) is 25.2 Å². The van der Waals surface area contributed by atoms with E-state index in [1.807, 2.05) is 50.2 Å². The van der Waals surface area contributed by atoms with Crippen LogP contribution < -0.4 is 10.1 Å². The quantitative estimate of drug-likeness (QED) is 0.553. The first kappa shape index (κ1) is 17.3. The van der Waals surface area contributed by atoms with Gasteiger partial charge in [0, 0.05) is 17.1 Å². The topological polar surface area (TPSA) is 75.3 Å². The number of aryl methyl sites for hydroxylation is 2. The fraction of sp³-hybridized carbons (Fsp3) is 0.143. The Bertz CT molecular complexity index is 1030. The van der Waals surface area contributed by atoms with Crippen molar-refractivity contribution >= 4 is 28.6 Å². The lowest BCUT2D eigenvalue weighted by atomic mass is 10.1. The highest BCUT2D eigenvalue weighted by Gasteiger charge is 2.14. The minimum absolute atomic E-state index is 0.0364. The second kappa shape index (κ2) is 7.16. The van der Waals surface area contributed by atoms with Crippen LogP contribution in [0.3, 0.4) is 0 Å². The number of benzene rings is 2. The zero-order valence-corrected chi connectivity index (χ0v) is 14.8. The Morgan fingerprint density at radius 3 is 2.54 bits per heavy atom. The molecule has 0 aliphatic carbocycles. The third-order valence-corrected chi connectivity index (χ3v) is 4.12. The number of nitrogens with one attached hydrogen (secondary N) is 1. The van der Waals surface area contributed by atoms with Gasteiger partial charge in [-0.25, -0.2) is 0 Å². The van der Waals surface area contributed by atoms with Crippen LogP contribution in [0.25, 0.3) is 17.0 Å². The van der Waals surface area contributed by atoms with Gasteiger partial charge < -0.3 is 14.5 Å². The third kappa shape index (κ3) is 3.31. The van der Waals surface area contributed by atoms with Gasteiger partial charge >= 0.3 is 0 Å². The Balaban J connectivity index is 1.93. The average Bonchev–Trinajstić information content (AvgIpc) is 3.05. The molecular formula is C21H18N2O3. The highest BCUT2D eigenvalue weighted by molar-refractivity contribution is 6.10. The summed E-state index contributed by atoms with van der Waals surface area (Å²) >= 11 is 0. The van der Waals surface area contributed by atoms with Gasteiger partial charge in [-0.05, 0) is 37.1 Å². The van der Waals surface area contributed by atoms with E-state index in [2.05, 4.69) is 5.32 Å². The van der Waals surface area contributed by atoms with Crippen molar-refractivity contribution in [1.82, 2.24) is 0 Å². The monoisotopic (exact) mass is 346 g/mol. The van der Waals surface area contributed by atoms with E-state index in [0.29, 0.717) is 22.8 Å². The largest absolute Gasteiger partial charge is 0.493 e. The first-order chi connectivity index (χ1) is 12.5. The molecule has 0 radical (unpaired) electrons. The van der Waals surface area contributed by atoms with Crippen LogP contribution in [0.4, 0.5) is 5.69 Å². The maximum atomic E-state index is 12.5. The number of para-hydroxylation sites is 2. The molecule has 5 nitrogen and oxygen atoms in total. The normalized spacial score (nSPS) is 11.2. The lowest BCUT2D eigenvalue weighted by molar-refractivity contribution is -0.112. The number of nitrogens with zero attached hydrogens (tertiary/aromatic N) is 1. The second-order valence-corrected chi connectivity index (χ2v) is 5.92. The molecule has 1 N–H and O–H groups in total. The number of carbonyl (C=O) groups excluding carboxylic acids is 1. The Labute approximate surface area is 151 Å². The number of nitriles is 1. The molecule has 0 aliphatic rings. The van der Waals surface area contributed by atoms with E-state index >= 15 is 0 Å². The molecule has 0 bridgehead atoms. The van der Waals surface area contributed by atoms with Crippen LogP contribution in [-0.2, 0) is 4.79 Å². The molecule has 0 fully saturated rings. The van der Waals surface area contributed by atoms with Crippen molar-refractivity contribution in [3.05, 3.63) is 64.9 Å². The van der Waals surface area contributed by atoms with Crippen LogP contribution in [0.1, 0.15) is 16.9 Å². The van der Waals surface area contributed by atoms with E-state index in [4.69, 9.17) is 9.15 Å². The van der Waals surface area contributed by atoms with E-state index in [0.717, 1.165) is 16.5 Å². The number of furan rings is 1. The number of methoxy groups -OCH3 is 1. The molecule has 5 heteroatoms. The fourth-order valence-electron chi connectivity index (χ4n) is 2.77. The molecule has 0 saturated carbocycles. The summed E-state index contributed by atoms with van der Waals surface area (Å²) < 4.78 is 11.0. The molecule has 1 amide bonds. The zero-order valence-electron chi connectivity index (χ0n) is 14.8. The van der Waals surface area contributed by atoms with Gasteiger partial charge in [0.15, 0.2) is 11.3 Å². The van der Waals surface area contributed by atoms with Gasteiger partial charge in [0.25, 0.3) is 5.91 Å². The van der Waals surface area contributed by atoms with Gasteiger partial charge in [0.1, 0.15) is 17.4 Å². The molecule has 1 heterocycles. The number of carbonyl (C=O) groups is 1. The van der Waals surface area contributed by atoms with E-state index in [1.165, 1.54) is 6.08 Å². The molecule has 26 heavy (non-hydrogen) atoms. The van der Waals surface area contributed by atoms with Gasteiger partial charge in [-0.1, -0.05) is 30.3 Å². The number of hydrogen-bond donors (Lipinski definition) is 1. The Morgan fingerprint density at radius 2 is 1.88 bits per heavy atom. The maximum absolute atomic E-state index is 12.5. The summed E-state index contributed by atoms with van der Waals surface area (Å²) in [4.78, 5) is 12.5. The van der Waals surface area contributed by atoms with Crippen molar-refractivity contribution in [1.29, 1.82) is 5.26 Å². The van der Waals surface area contributed by atoms with Crippen LogP contribution in [0.5, 0.6) is 5.75 Å². The summed E-state index contributed by atoms with van der Waals surface area (Å²) in [6.07, 6.45) is 1.43. The highest BCUT2D eigenvalue weighted by Crippen LogP contribution is 2.29. The summed E-state index contributed by atoms with van der Waals surface area (Å²) in [5.74, 6) is 0.538. The minimum atomic E-state index is -0.475. The van der Waals surface area contributed by atoms with Crippen molar-refractivity contribution in [3.63, 3.8) is 0 Å². The summed E-state index contributed by atoms with van der Waals surface area (Å²) in [7, 11) is 1.56. The lowest BCUT2D eigenvalue weighted by Crippen LogP contribution is -2.15. The summed E-state index contributed by atoms with van der Waals surface area (Å²) in [6.45, 7) is 3.81. The van der Waals surface area contributed by atoms with Crippen LogP contribution in [0.2, 0.25) is 0 Å². The van der Waals surface area contributed by atoms with Crippen molar-refractivity contribution in [3.8, 4) is 11.8 Å². The maximum Gasteiger partial charge on any atom is 0.266 e. The first-order valence-corrected chi connectivity index (χ1v) is 8.09.